The lowest BCUT2D eigenvalue weighted by atomic mass is 10.1. The van der Waals surface area contributed by atoms with Gasteiger partial charge in [0.2, 0.25) is 0 Å². The number of aliphatic hydroxyl groups is 1. The molecule has 0 radical (unpaired) electrons. The molecule has 0 aliphatic carbocycles. The maximum atomic E-state index is 9.28. The predicted molar refractivity (Wildman–Crippen MR) is 66.1 cm³/mol. The van der Waals surface area contributed by atoms with Gasteiger partial charge in [-0.05, 0) is 24.5 Å². The quantitative estimate of drug-likeness (QED) is 0.881. The van der Waals surface area contributed by atoms with Crippen molar-refractivity contribution >= 4 is 0 Å². The van der Waals surface area contributed by atoms with Crippen molar-refractivity contribution in [2.24, 2.45) is 0 Å². The molecule has 0 saturated carbocycles. The Morgan fingerprint density at radius 1 is 1.29 bits per heavy atom. The third kappa shape index (κ3) is 2.08. The predicted octanol–water partition coefficient (Wildman–Crippen LogP) is 2.19. The van der Waals surface area contributed by atoms with E-state index in [1.807, 2.05) is 35.9 Å². The smallest absolute Gasteiger partial charge is 0.112 e. The molecular formula is C13H17N3O. The van der Waals surface area contributed by atoms with Crippen molar-refractivity contribution in [1.82, 2.24) is 15.0 Å². The number of rotatable bonds is 3. The van der Waals surface area contributed by atoms with Crippen LogP contribution in [-0.4, -0.2) is 20.1 Å². The molecule has 0 saturated heterocycles. The molecule has 0 amide bonds. The summed E-state index contributed by atoms with van der Waals surface area (Å²) in [5.74, 6) is 0.270. The molecule has 1 N–H and O–H groups in total. The van der Waals surface area contributed by atoms with Crippen LogP contribution >= 0.6 is 0 Å². The van der Waals surface area contributed by atoms with Gasteiger partial charge in [0, 0.05) is 0 Å². The molecule has 4 heteroatoms. The van der Waals surface area contributed by atoms with Gasteiger partial charge in [0.15, 0.2) is 0 Å². The van der Waals surface area contributed by atoms with Gasteiger partial charge in [-0.15, -0.1) is 5.10 Å². The van der Waals surface area contributed by atoms with E-state index in [0.29, 0.717) is 5.69 Å². The van der Waals surface area contributed by atoms with Gasteiger partial charge in [-0.3, -0.25) is 0 Å². The van der Waals surface area contributed by atoms with E-state index >= 15 is 0 Å². The van der Waals surface area contributed by atoms with E-state index in [1.54, 1.807) is 0 Å². The fourth-order valence-corrected chi connectivity index (χ4v) is 1.99. The maximum Gasteiger partial charge on any atom is 0.112 e. The van der Waals surface area contributed by atoms with Gasteiger partial charge < -0.3 is 5.11 Å². The van der Waals surface area contributed by atoms with Crippen LogP contribution in [0.1, 0.15) is 36.7 Å². The first-order valence-corrected chi connectivity index (χ1v) is 5.76. The zero-order chi connectivity index (χ0) is 12.4. The van der Waals surface area contributed by atoms with Crippen molar-refractivity contribution in [3.05, 3.63) is 41.2 Å². The van der Waals surface area contributed by atoms with Gasteiger partial charge in [0.25, 0.3) is 0 Å². The summed E-state index contributed by atoms with van der Waals surface area (Å²) >= 11 is 0. The number of aryl methyl sites for hydroxylation is 1. The van der Waals surface area contributed by atoms with Gasteiger partial charge in [0.1, 0.15) is 5.69 Å². The summed E-state index contributed by atoms with van der Waals surface area (Å²) in [6.07, 6.45) is 0. The molecule has 0 aliphatic heterocycles. The molecule has 1 aromatic heterocycles. The van der Waals surface area contributed by atoms with E-state index in [1.165, 1.54) is 0 Å². The largest absolute Gasteiger partial charge is 0.390 e. The molecular weight excluding hydrogens is 214 g/mol. The summed E-state index contributed by atoms with van der Waals surface area (Å²) in [5, 5.41) is 17.5. The molecule has 0 bridgehead atoms. The van der Waals surface area contributed by atoms with Crippen molar-refractivity contribution in [3.8, 4) is 5.69 Å². The van der Waals surface area contributed by atoms with Gasteiger partial charge in [-0.1, -0.05) is 37.3 Å². The van der Waals surface area contributed by atoms with E-state index in [4.69, 9.17) is 0 Å². The molecule has 0 atom stereocenters. The molecule has 4 nitrogen and oxygen atoms in total. The minimum atomic E-state index is -0.0700. The molecule has 1 aromatic carbocycles. The van der Waals surface area contributed by atoms with Crippen LogP contribution in [0.25, 0.3) is 5.69 Å². The molecule has 17 heavy (non-hydrogen) atoms. The standard InChI is InChI=1S/C13H17N3O/c1-9(2)13-11(8-17)14-15-16(13)12-7-5-4-6-10(12)3/h4-7,9,17H,8H2,1-3H3. The Morgan fingerprint density at radius 2 is 2.00 bits per heavy atom. The van der Waals surface area contributed by atoms with Crippen molar-refractivity contribution in [2.45, 2.75) is 33.3 Å². The van der Waals surface area contributed by atoms with Crippen LogP contribution < -0.4 is 0 Å². The summed E-state index contributed by atoms with van der Waals surface area (Å²) in [6, 6.07) is 8.03. The van der Waals surface area contributed by atoms with Crippen LogP contribution in [0.5, 0.6) is 0 Å². The molecule has 90 valence electrons. The Hall–Kier alpha value is -1.68. The first kappa shape index (κ1) is 11.8. The highest BCUT2D eigenvalue weighted by Crippen LogP contribution is 2.22. The Bertz CT molecular complexity index is 517. The third-order valence-corrected chi connectivity index (χ3v) is 2.82. The van der Waals surface area contributed by atoms with Crippen molar-refractivity contribution < 1.29 is 5.11 Å². The van der Waals surface area contributed by atoms with Crippen molar-refractivity contribution in [1.29, 1.82) is 0 Å². The molecule has 0 unspecified atom stereocenters. The zero-order valence-corrected chi connectivity index (χ0v) is 10.4. The van der Waals surface area contributed by atoms with E-state index in [9.17, 15) is 5.11 Å². The summed E-state index contributed by atoms with van der Waals surface area (Å²) in [6.45, 7) is 6.12. The van der Waals surface area contributed by atoms with Crippen molar-refractivity contribution in [2.75, 3.05) is 0 Å². The number of aliphatic hydroxyl groups excluding tert-OH is 1. The topological polar surface area (TPSA) is 50.9 Å². The number of benzene rings is 1. The lowest BCUT2D eigenvalue weighted by molar-refractivity contribution is 0.275. The summed E-state index contributed by atoms with van der Waals surface area (Å²) in [5.41, 5.74) is 3.79. The molecule has 0 spiro atoms. The second-order valence-corrected chi connectivity index (χ2v) is 4.43. The Labute approximate surface area is 101 Å². The molecule has 0 aliphatic rings. The zero-order valence-electron chi connectivity index (χ0n) is 10.4. The van der Waals surface area contributed by atoms with E-state index < -0.39 is 0 Å². The second kappa shape index (κ2) is 4.67. The third-order valence-electron chi connectivity index (χ3n) is 2.82. The van der Waals surface area contributed by atoms with Gasteiger partial charge >= 0.3 is 0 Å². The van der Waals surface area contributed by atoms with E-state index in [2.05, 4.69) is 24.2 Å². The van der Waals surface area contributed by atoms with Crippen molar-refractivity contribution in [3.63, 3.8) is 0 Å². The Balaban J connectivity index is 2.60. The number of nitrogens with zero attached hydrogens (tertiary/aromatic N) is 3. The second-order valence-electron chi connectivity index (χ2n) is 4.43. The Kier molecular flexibility index (Phi) is 3.24. The number of hydrogen-bond donors (Lipinski definition) is 1. The van der Waals surface area contributed by atoms with Crippen LogP contribution in [-0.2, 0) is 6.61 Å². The lowest BCUT2D eigenvalue weighted by Gasteiger charge is -2.12. The average molecular weight is 231 g/mol. The Morgan fingerprint density at radius 3 is 2.59 bits per heavy atom. The minimum absolute atomic E-state index is 0.0700. The van der Waals surface area contributed by atoms with Crippen LogP contribution in [0.3, 0.4) is 0 Å². The van der Waals surface area contributed by atoms with E-state index in [0.717, 1.165) is 16.9 Å². The normalized spacial score (nSPS) is 11.1. The highest BCUT2D eigenvalue weighted by molar-refractivity contribution is 5.41. The summed E-state index contributed by atoms with van der Waals surface area (Å²) in [7, 11) is 0. The molecule has 0 fully saturated rings. The maximum absolute atomic E-state index is 9.28. The van der Waals surface area contributed by atoms with Gasteiger partial charge in [-0.25, -0.2) is 4.68 Å². The fraction of sp³-hybridized carbons (Fsp3) is 0.385. The first-order chi connectivity index (χ1) is 8.15. The highest BCUT2D eigenvalue weighted by atomic mass is 16.3. The number of aromatic nitrogens is 3. The van der Waals surface area contributed by atoms with E-state index in [-0.39, 0.29) is 12.5 Å². The van der Waals surface area contributed by atoms with Crippen LogP contribution in [0.15, 0.2) is 24.3 Å². The minimum Gasteiger partial charge on any atom is -0.390 e. The average Bonchev–Trinajstić information content (AvgIpc) is 2.73. The number of para-hydroxylation sites is 1. The lowest BCUT2D eigenvalue weighted by Crippen LogP contribution is -2.07. The fourth-order valence-electron chi connectivity index (χ4n) is 1.99. The van der Waals surface area contributed by atoms with Gasteiger partial charge in [0.05, 0.1) is 18.0 Å². The van der Waals surface area contributed by atoms with Crippen LogP contribution in [0, 0.1) is 6.92 Å². The highest BCUT2D eigenvalue weighted by Gasteiger charge is 2.17. The van der Waals surface area contributed by atoms with Crippen LogP contribution in [0.2, 0.25) is 0 Å². The molecule has 2 aromatic rings. The summed E-state index contributed by atoms with van der Waals surface area (Å²) in [4.78, 5) is 0. The van der Waals surface area contributed by atoms with Gasteiger partial charge in [-0.2, -0.15) is 0 Å². The SMILES string of the molecule is Cc1ccccc1-n1nnc(CO)c1C(C)C. The number of hydrogen-bond acceptors (Lipinski definition) is 3. The monoisotopic (exact) mass is 231 g/mol. The first-order valence-electron chi connectivity index (χ1n) is 5.76. The molecule has 1 heterocycles. The molecule has 2 rings (SSSR count). The summed E-state index contributed by atoms with van der Waals surface area (Å²) < 4.78 is 1.82. The van der Waals surface area contributed by atoms with Crippen LogP contribution in [0.4, 0.5) is 0 Å².